The molecule has 2 rings (SSSR count). The maximum atomic E-state index is 4.70. The zero-order valence-electron chi connectivity index (χ0n) is 15.8. The highest BCUT2D eigenvalue weighted by atomic mass is 15.3. The lowest BCUT2D eigenvalue weighted by Gasteiger charge is -2.18. The standard InChI is InChI=1S/C19H30N6/c1-5-6-10-13-20-19(21-14-18-24-23-16(3)25(18)4)22-15(2)17-11-8-7-9-12-17/h7-9,11-12,15H,5-6,10,13-14H2,1-4H3,(H2,20,21,22). The van der Waals surface area contributed by atoms with Gasteiger partial charge in [0.1, 0.15) is 12.4 Å². The third-order valence-corrected chi connectivity index (χ3v) is 4.29. The van der Waals surface area contributed by atoms with Gasteiger partial charge in [0.2, 0.25) is 0 Å². The summed E-state index contributed by atoms with van der Waals surface area (Å²) in [5.41, 5.74) is 1.24. The van der Waals surface area contributed by atoms with Crippen molar-refractivity contribution in [1.82, 2.24) is 25.4 Å². The fourth-order valence-electron chi connectivity index (χ4n) is 2.50. The molecule has 0 aliphatic rings. The number of rotatable bonds is 8. The molecule has 1 atom stereocenters. The Labute approximate surface area is 150 Å². The van der Waals surface area contributed by atoms with E-state index in [1.165, 1.54) is 18.4 Å². The highest BCUT2D eigenvalue weighted by Crippen LogP contribution is 2.11. The molecule has 0 amide bonds. The van der Waals surface area contributed by atoms with Gasteiger partial charge in [0.15, 0.2) is 11.8 Å². The fraction of sp³-hybridized carbons (Fsp3) is 0.526. The van der Waals surface area contributed by atoms with Crippen LogP contribution >= 0.6 is 0 Å². The molecule has 0 fully saturated rings. The molecule has 136 valence electrons. The number of benzene rings is 1. The number of aryl methyl sites for hydroxylation is 1. The quantitative estimate of drug-likeness (QED) is 0.439. The van der Waals surface area contributed by atoms with Crippen molar-refractivity contribution >= 4 is 5.96 Å². The first-order valence-electron chi connectivity index (χ1n) is 9.06. The number of unbranched alkanes of at least 4 members (excludes halogenated alkanes) is 2. The Morgan fingerprint density at radius 1 is 1.20 bits per heavy atom. The van der Waals surface area contributed by atoms with Crippen molar-refractivity contribution in [2.45, 2.75) is 52.6 Å². The van der Waals surface area contributed by atoms with E-state index in [9.17, 15) is 0 Å². The summed E-state index contributed by atoms with van der Waals surface area (Å²) >= 11 is 0. The largest absolute Gasteiger partial charge is 0.356 e. The van der Waals surface area contributed by atoms with E-state index in [1.807, 2.05) is 24.6 Å². The second-order valence-corrected chi connectivity index (χ2v) is 6.30. The molecule has 2 aromatic rings. The van der Waals surface area contributed by atoms with E-state index in [0.29, 0.717) is 6.54 Å². The summed E-state index contributed by atoms with van der Waals surface area (Å²) in [5.74, 6) is 2.57. The molecule has 1 unspecified atom stereocenters. The molecule has 1 aromatic heterocycles. The molecule has 6 nitrogen and oxygen atoms in total. The number of aromatic nitrogens is 3. The first kappa shape index (κ1) is 19.0. The van der Waals surface area contributed by atoms with Crippen molar-refractivity contribution in [3.63, 3.8) is 0 Å². The number of hydrogen-bond acceptors (Lipinski definition) is 3. The van der Waals surface area contributed by atoms with Crippen LogP contribution in [-0.2, 0) is 13.6 Å². The van der Waals surface area contributed by atoms with Crippen LogP contribution in [-0.4, -0.2) is 27.3 Å². The fourth-order valence-corrected chi connectivity index (χ4v) is 2.50. The normalized spacial score (nSPS) is 12.9. The SMILES string of the molecule is CCCCCNC(=NCc1nnc(C)n1C)NC(C)c1ccccc1. The average Bonchev–Trinajstić information content (AvgIpc) is 2.95. The first-order valence-corrected chi connectivity index (χ1v) is 9.06. The van der Waals surface area contributed by atoms with Gasteiger partial charge in [0.05, 0.1) is 6.04 Å². The Bertz CT molecular complexity index is 662. The monoisotopic (exact) mass is 342 g/mol. The number of guanidine groups is 1. The van der Waals surface area contributed by atoms with Crippen LogP contribution in [0.1, 0.15) is 56.4 Å². The van der Waals surface area contributed by atoms with Gasteiger partial charge >= 0.3 is 0 Å². The Morgan fingerprint density at radius 2 is 1.96 bits per heavy atom. The molecule has 1 aromatic carbocycles. The lowest BCUT2D eigenvalue weighted by molar-refractivity contribution is 0.648. The molecule has 0 aliphatic carbocycles. The molecule has 0 bridgehead atoms. The number of nitrogens with one attached hydrogen (secondary N) is 2. The second kappa shape index (κ2) is 9.81. The van der Waals surface area contributed by atoms with E-state index >= 15 is 0 Å². The smallest absolute Gasteiger partial charge is 0.192 e. The molecule has 1 heterocycles. The molecular formula is C19H30N6. The summed E-state index contributed by atoms with van der Waals surface area (Å²) < 4.78 is 1.97. The lowest BCUT2D eigenvalue weighted by Crippen LogP contribution is -2.39. The number of aliphatic imine (C=N–C) groups is 1. The van der Waals surface area contributed by atoms with Crippen LogP contribution in [0, 0.1) is 6.92 Å². The minimum atomic E-state index is 0.180. The molecule has 25 heavy (non-hydrogen) atoms. The molecule has 0 saturated heterocycles. The number of nitrogens with zero attached hydrogens (tertiary/aromatic N) is 4. The molecule has 0 spiro atoms. The van der Waals surface area contributed by atoms with Crippen molar-refractivity contribution in [2.24, 2.45) is 12.0 Å². The Hall–Kier alpha value is -2.37. The van der Waals surface area contributed by atoms with Crippen molar-refractivity contribution in [3.05, 3.63) is 47.5 Å². The highest BCUT2D eigenvalue weighted by molar-refractivity contribution is 5.80. The maximum Gasteiger partial charge on any atom is 0.192 e. The summed E-state index contributed by atoms with van der Waals surface area (Å²) in [6, 6.07) is 10.6. The van der Waals surface area contributed by atoms with E-state index in [0.717, 1.165) is 30.6 Å². The van der Waals surface area contributed by atoms with Crippen molar-refractivity contribution in [1.29, 1.82) is 0 Å². The lowest BCUT2D eigenvalue weighted by atomic mass is 10.1. The third-order valence-electron chi connectivity index (χ3n) is 4.29. The van der Waals surface area contributed by atoms with Crippen LogP contribution in [0.3, 0.4) is 0 Å². The summed E-state index contributed by atoms with van der Waals surface area (Å²) in [5, 5.41) is 15.2. The van der Waals surface area contributed by atoms with E-state index in [1.54, 1.807) is 0 Å². The van der Waals surface area contributed by atoms with Crippen LogP contribution in [0.25, 0.3) is 0 Å². The van der Waals surface area contributed by atoms with Gasteiger partial charge < -0.3 is 15.2 Å². The van der Waals surface area contributed by atoms with Gasteiger partial charge in [-0.2, -0.15) is 0 Å². The highest BCUT2D eigenvalue weighted by Gasteiger charge is 2.09. The van der Waals surface area contributed by atoms with Gasteiger partial charge in [-0.3, -0.25) is 0 Å². The molecule has 0 aliphatic heterocycles. The van der Waals surface area contributed by atoms with Gasteiger partial charge in [-0.15, -0.1) is 10.2 Å². The van der Waals surface area contributed by atoms with Crippen LogP contribution < -0.4 is 10.6 Å². The summed E-state index contributed by atoms with van der Waals surface area (Å²) in [4.78, 5) is 4.70. The molecule has 2 N–H and O–H groups in total. The van der Waals surface area contributed by atoms with E-state index in [4.69, 9.17) is 4.99 Å². The van der Waals surface area contributed by atoms with E-state index in [-0.39, 0.29) is 6.04 Å². The molecule has 0 radical (unpaired) electrons. The van der Waals surface area contributed by atoms with Crippen molar-refractivity contribution < 1.29 is 0 Å². The maximum absolute atomic E-state index is 4.70. The van der Waals surface area contributed by atoms with Gasteiger partial charge in [0, 0.05) is 13.6 Å². The summed E-state index contributed by atoms with van der Waals surface area (Å²) in [6.45, 7) is 7.72. The number of hydrogen-bond donors (Lipinski definition) is 2. The first-order chi connectivity index (χ1) is 12.1. The van der Waals surface area contributed by atoms with Crippen LogP contribution in [0.2, 0.25) is 0 Å². The van der Waals surface area contributed by atoms with Gasteiger partial charge in [-0.05, 0) is 25.8 Å². The second-order valence-electron chi connectivity index (χ2n) is 6.30. The van der Waals surface area contributed by atoms with E-state index in [2.05, 4.69) is 58.9 Å². The molecule has 6 heteroatoms. The van der Waals surface area contributed by atoms with Crippen molar-refractivity contribution in [2.75, 3.05) is 6.54 Å². The average molecular weight is 342 g/mol. The third kappa shape index (κ3) is 5.89. The Morgan fingerprint density at radius 3 is 2.60 bits per heavy atom. The minimum absolute atomic E-state index is 0.180. The van der Waals surface area contributed by atoms with Gasteiger partial charge in [-0.25, -0.2) is 4.99 Å². The predicted molar refractivity (Wildman–Crippen MR) is 102 cm³/mol. The Kier molecular flexibility index (Phi) is 7.44. The minimum Gasteiger partial charge on any atom is -0.356 e. The summed E-state index contributed by atoms with van der Waals surface area (Å²) in [7, 11) is 1.97. The van der Waals surface area contributed by atoms with Gasteiger partial charge in [0.25, 0.3) is 0 Å². The topological polar surface area (TPSA) is 67.1 Å². The molecular weight excluding hydrogens is 312 g/mol. The van der Waals surface area contributed by atoms with Crippen LogP contribution in [0.5, 0.6) is 0 Å². The van der Waals surface area contributed by atoms with Gasteiger partial charge in [-0.1, -0.05) is 50.1 Å². The van der Waals surface area contributed by atoms with E-state index < -0.39 is 0 Å². The molecule has 0 saturated carbocycles. The summed E-state index contributed by atoms with van der Waals surface area (Å²) in [6.07, 6.45) is 3.57. The van der Waals surface area contributed by atoms with Crippen LogP contribution in [0.15, 0.2) is 35.3 Å². The zero-order valence-corrected chi connectivity index (χ0v) is 15.8. The zero-order chi connectivity index (χ0) is 18.1. The van der Waals surface area contributed by atoms with Crippen LogP contribution in [0.4, 0.5) is 0 Å². The predicted octanol–water partition coefficient (Wildman–Crippen LogP) is 3.11. The Balaban J connectivity index is 2.03. The van der Waals surface area contributed by atoms with Crippen molar-refractivity contribution in [3.8, 4) is 0 Å².